The van der Waals surface area contributed by atoms with Crippen LogP contribution in [-0.4, -0.2) is 5.11 Å². The van der Waals surface area contributed by atoms with Crippen LogP contribution in [0.25, 0.3) is 0 Å². The zero-order valence-electron chi connectivity index (χ0n) is 12.1. The van der Waals surface area contributed by atoms with Gasteiger partial charge in [0, 0.05) is 6.42 Å². The molecule has 0 amide bonds. The van der Waals surface area contributed by atoms with Gasteiger partial charge in [0.2, 0.25) is 0 Å². The van der Waals surface area contributed by atoms with E-state index in [1.165, 1.54) is 47.9 Å². The third-order valence-corrected chi connectivity index (χ3v) is 4.43. The largest absolute Gasteiger partial charge is 0.388 e. The molecule has 1 heteroatoms. The molecule has 0 saturated heterocycles. The topological polar surface area (TPSA) is 20.2 Å². The number of hydrogen-bond acceptors (Lipinski definition) is 1. The van der Waals surface area contributed by atoms with Crippen molar-refractivity contribution in [2.24, 2.45) is 0 Å². The summed E-state index contributed by atoms with van der Waals surface area (Å²) in [5, 5.41) is 10.5. The highest BCUT2D eigenvalue weighted by molar-refractivity contribution is 5.36. The van der Waals surface area contributed by atoms with Gasteiger partial charge in [-0.25, -0.2) is 0 Å². The summed E-state index contributed by atoms with van der Waals surface area (Å²) in [5.41, 5.74) is 6.47. The molecule has 1 nitrogen and oxygen atoms in total. The molecule has 0 bridgehead atoms. The Balaban J connectivity index is 1.80. The molecule has 1 aliphatic rings. The van der Waals surface area contributed by atoms with Crippen LogP contribution in [0.4, 0.5) is 0 Å². The average Bonchev–Trinajstić information content (AvgIpc) is 2.49. The van der Waals surface area contributed by atoms with E-state index in [0.29, 0.717) is 6.42 Å². The molecular weight excluding hydrogens is 244 g/mol. The molecular formula is C19H22O. The van der Waals surface area contributed by atoms with E-state index in [0.717, 1.165) is 5.56 Å². The molecule has 0 aromatic heterocycles. The lowest BCUT2D eigenvalue weighted by atomic mass is 9.88. The van der Waals surface area contributed by atoms with Crippen molar-refractivity contribution < 1.29 is 5.11 Å². The summed E-state index contributed by atoms with van der Waals surface area (Å²) in [4.78, 5) is 0. The van der Waals surface area contributed by atoms with Crippen LogP contribution in [0.2, 0.25) is 0 Å². The van der Waals surface area contributed by atoms with Gasteiger partial charge in [-0.1, -0.05) is 42.5 Å². The van der Waals surface area contributed by atoms with Gasteiger partial charge in [-0.05, 0) is 60.4 Å². The predicted molar refractivity (Wildman–Crippen MR) is 82.9 cm³/mol. The molecule has 20 heavy (non-hydrogen) atoms. The zero-order valence-corrected chi connectivity index (χ0v) is 12.1. The number of aliphatic hydroxyl groups is 1. The minimum atomic E-state index is -0.400. The third kappa shape index (κ3) is 2.78. The fourth-order valence-electron chi connectivity index (χ4n) is 3.13. The van der Waals surface area contributed by atoms with Crippen LogP contribution < -0.4 is 0 Å². The van der Waals surface area contributed by atoms with E-state index < -0.39 is 6.10 Å². The van der Waals surface area contributed by atoms with Crippen molar-refractivity contribution in [3.63, 3.8) is 0 Å². The van der Waals surface area contributed by atoms with Gasteiger partial charge < -0.3 is 5.11 Å². The highest BCUT2D eigenvalue weighted by Crippen LogP contribution is 2.26. The van der Waals surface area contributed by atoms with Crippen molar-refractivity contribution in [2.75, 3.05) is 0 Å². The first kappa shape index (κ1) is 13.4. The molecule has 0 fully saturated rings. The second-order valence-electron chi connectivity index (χ2n) is 5.88. The second kappa shape index (κ2) is 5.80. The molecule has 2 aromatic rings. The standard InChI is InChI=1S/C19H22O/c1-14-6-2-3-8-16(14)13-19(20)18-11-10-15-7-4-5-9-17(15)12-18/h2-3,6,8,10-12,19-20H,4-5,7,9,13H2,1H3. The number of hydrogen-bond donors (Lipinski definition) is 1. The van der Waals surface area contributed by atoms with Crippen molar-refractivity contribution in [1.29, 1.82) is 0 Å². The van der Waals surface area contributed by atoms with Gasteiger partial charge in [0.1, 0.15) is 0 Å². The summed E-state index contributed by atoms with van der Waals surface area (Å²) in [6, 6.07) is 14.8. The van der Waals surface area contributed by atoms with Crippen LogP contribution in [-0.2, 0) is 19.3 Å². The Morgan fingerprint density at radius 3 is 2.55 bits per heavy atom. The number of aliphatic hydroxyl groups excluding tert-OH is 1. The lowest BCUT2D eigenvalue weighted by Crippen LogP contribution is -2.07. The highest BCUT2D eigenvalue weighted by Gasteiger charge is 2.14. The van der Waals surface area contributed by atoms with Crippen LogP contribution in [0, 0.1) is 6.92 Å². The van der Waals surface area contributed by atoms with Crippen LogP contribution in [0.5, 0.6) is 0 Å². The molecule has 0 radical (unpaired) electrons. The summed E-state index contributed by atoms with van der Waals surface area (Å²) in [5.74, 6) is 0. The predicted octanol–water partition coefficient (Wildman–Crippen LogP) is 4.15. The monoisotopic (exact) mass is 266 g/mol. The van der Waals surface area contributed by atoms with E-state index in [-0.39, 0.29) is 0 Å². The van der Waals surface area contributed by atoms with Gasteiger partial charge in [-0.2, -0.15) is 0 Å². The molecule has 104 valence electrons. The molecule has 1 unspecified atom stereocenters. The Morgan fingerprint density at radius 1 is 1.00 bits per heavy atom. The first-order chi connectivity index (χ1) is 9.74. The van der Waals surface area contributed by atoms with Crippen molar-refractivity contribution >= 4 is 0 Å². The Kier molecular flexibility index (Phi) is 3.88. The van der Waals surface area contributed by atoms with E-state index in [2.05, 4.69) is 37.3 Å². The molecule has 1 aliphatic carbocycles. The molecule has 0 aliphatic heterocycles. The Morgan fingerprint density at radius 2 is 1.75 bits per heavy atom. The molecule has 0 heterocycles. The van der Waals surface area contributed by atoms with E-state index in [9.17, 15) is 5.11 Å². The Labute approximate surface area is 121 Å². The highest BCUT2D eigenvalue weighted by atomic mass is 16.3. The van der Waals surface area contributed by atoms with Gasteiger partial charge in [-0.3, -0.25) is 0 Å². The van der Waals surface area contributed by atoms with Gasteiger partial charge in [-0.15, -0.1) is 0 Å². The average molecular weight is 266 g/mol. The number of fused-ring (bicyclic) bond motifs is 1. The maximum Gasteiger partial charge on any atom is 0.0830 e. The van der Waals surface area contributed by atoms with Crippen LogP contribution in [0.1, 0.15) is 46.8 Å². The van der Waals surface area contributed by atoms with Crippen molar-refractivity contribution in [2.45, 2.75) is 45.1 Å². The Hall–Kier alpha value is -1.60. The van der Waals surface area contributed by atoms with Gasteiger partial charge >= 0.3 is 0 Å². The minimum absolute atomic E-state index is 0.400. The quantitative estimate of drug-likeness (QED) is 0.885. The SMILES string of the molecule is Cc1ccccc1CC(O)c1ccc2c(c1)CCCC2. The summed E-state index contributed by atoms with van der Waals surface area (Å²) in [7, 11) is 0. The van der Waals surface area contributed by atoms with Gasteiger partial charge in [0.05, 0.1) is 6.10 Å². The lowest BCUT2D eigenvalue weighted by molar-refractivity contribution is 0.178. The summed E-state index contributed by atoms with van der Waals surface area (Å²) < 4.78 is 0. The van der Waals surface area contributed by atoms with Crippen molar-refractivity contribution in [1.82, 2.24) is 0 Å². The molecule has 3 rings (SSSR count). The fraction of sp³-hybridized carbons (Fsp3) is 0.368. The molecule has 0 spiro atoms. The Bertz CT molecular complexity index is 600. The summed E-state index contributed by atoms with van der Waals surface area (Å²) in [6.45, 7) is 2.11. The van der Waals surface area contributed by atoms with Crippen LogP contribution in [0.15, 0.2) is 42.5 Å². The normalized spacial score (nSPS) is 15.7. The molecule has 1 N–H and O–H groups in total. The molecule has 1 atom stereocenters. The van der Waals surface area contributed by atoms with Crippen LogP contribution in [0.3, 0.4) is 0 Å². The fourth-order valence-corrected chi connectivity index (χ4v) is 3.13. The maximum absolute atomic E-state index is 10.5. The second-order valence-corrected chi connectivity index (χ2v) is 5.88. The number of benzene rings is 2. The molecule has 0 saturated carbocycles. The zero-order chi connectivity index (χ0) is 13.9. The first-order valence-electron chi connectivity index (χ1n) is 7.58. The van der Waals surface area contributed by atoms with Gasteiger partial charge in [0.15, 0.2) is 0 Å². The lowest BCUT2D eigenvalue weighted by Gasteiger charge is -2.19. The van der Waals surface area contributed by atoms with E-state index in [4.69, 9.17) is 0 Å². The van der Waals surface area contributed by atoms with E-state index in [1.54, 1.807) is 0 Å². The van der Waals surface area contributed by atoms with E-state index in [1.807, 2.05) is 12.1 Å². The third-order valence-electron chi connectivity index (χ3n) is 4.43. The van der Waals surface area contributed by atoms with Crippen LogP contribution >= 0.6 is 0 Å². The van der Waals surface area contributed by atoms with Crippen molar-refractivity contribution in [3.05, 3.63) is 70.3 Å². The number of rotatable bonds is 3. The van der Waals surface area contributed by atoms with Gasteiger partial charge in [0.25, 0.3) is 0 Å². The molecule has 2 aromatic carbocycles. The summed E-state index contributed by atoms with van der Waals surface area (Å²) >= 11 is 0. The van der Waals surface area contributed by atoms with E-state index >= 15 is 0 Å². The van der Waals surface area contributed by atoms with Crippen molar-refractivity contribution in [3.8, 4) is 0 Å². The first-order valence-corrected chi connectivity index (χ1v) is 7.58. The maximum atomic E-state index is 10.5. The minimum Gasteiger partial charge on any atom is -0.388 e. The smallest absolute Gasteiger partial charge is 0.0830 e. The number of aryl methyl sites for hydroxylation is 3. The summed E-state index contributed by atoms with van der Waals surface area (Å²) in [6.07, 6.45) is 5.25.